The van der Waals surface area contributed by atoms with Gasteiger partial charge < -0.3 is 5.32 Å². The van der Waals surface area contributed by atoms with Gasteiger partial charge in [-0.05, 0) is 32.3 Å². The Morgan fingerprint density at radius 1 is 1.47 bits per heavy atom. The predicted molar refractivity (Wildman–Crippen MR) is 70.4 cm³/mol. The molecular weight excluding hydrogens is 236 g/mol. The minimum atomic E-state index is -0.157. The number of aryl methyl sites for hydroxylation is 1. The maximum atomic E-state index is 11.9. The Balaban J connectivity index is 2.70. The van der Waals surface area contributed by atoms with Crippen molar-refractivity contribution in [3.05, 3.63) is 28.5 Å². The molecule has 1 amide bonds. The zero-order chi connectivity index (χ0) is 13.0. The van der Waals surface area contributed by atoms with Gasteiger partial charge in [0.2, 0.25) is 0 Å². The number of rotatable bonds is 4. The van der Waals surface area contributed by atoms with Gasteiger partial charge in [0, 0.05) is 17.9 Å². The number of hydrogen-bond donors (Lipinski definition) is 1. The summed E-state index contributed by atoms with van der Waals surface area (Å²) in [5.74, 6) is 0.396. The van der Waals surface area contributed by atoms with Gasteiger partial charge in [0.05, 0.1) is 10.6 Å². The van der Waals surface area contributed by atoms with Crippen molar-refractivity contribution in [2.75, 3.05) is 0 Å². The first kappa shape index (κ1) is 14.0. The lowest BCUT2D eigenvalue weighted by atomic mass is 10.1. The fourth-order valence-electron chi connectivity index (χ4n) is 1.76. The smallest absolute Gasteiger partial charge is 0.254 e. The van der Waals surface area contributed by atoms with Gasteiger partial charge in [-0.1, -0.05) is 25.4 Å². The van der Waals surface area contributed by atoms with Crippen LogP contribution in [0.2, 0.25) is 5.02 Å². The Hall–Kier alpha value is -1.09. The van der Waals surface area contributed by atoms with Crippen molar-refractivity contribution in [1.82, 2.24) is 10.3 Å². The highest BCUT2D eigenvalue weighted by atomic mass is 35.5. The molecule has 0 fully saturated rings. The van der Waals surface area contributed by atoms with Gasteiger partial charge in [-0.25, -0.2) is 0 Å². The van der Waals surface area contributed by atoms with Crippen molar-refractivity contribution in [2.45, 2.75) is 40.2 Å². The van der Waals surface area contributed by atoms with Gasteiger partial charge in [0.25, 0.3) is 5.91 Å². The molecule has 1 aromatic heterocycles. The normalized spacial score (nSPS) is 12.6. The zero-order valence-electron chi connectivity index (χ0n) is 10.7. The highest BCUT2D eigenvalue weighted by molar-refractivity contribution is 6.33. The van der Waals surface area contributed by atoms with Crippen LogP contribution >= 0.6 is 11.6 Å². The van der Waals surface area contributed by atoms with Crippen molar-refractivity contribution in [1.29, 1.82) is 0 Å². The quantitative estimate of drug-likeness (QED) is 0.897. The van der Waals surface area contributed by atoms with E-state index in [1.165, 1.54) is 6.20 Å². The number of carbonyl (C=O) groups is 1. The molecule has 17 heavy (non-hydrogen) atoms. The van der Waals surface area contributed by atoms with Gasteiger partial charge in [0.15, 0.2) is 0 Å². The third kappa shape index (κ3) is 4.35. The maximum absolute atomic E-state index is 11.9. The van der Waals surface area contributed by atoms with Crippen LogP contribution < -0.4 is 5.32 Å². The highest BCUT2D eigenvalue weighted by Crippen LogP contribution is 2.16. The van der Waals surface area contributed by atoms with E-state index in [-0.39, 0.29) is 11.9 Å². The van der Waals surface area contributed by atoms with Crippen LogP contribution in [0.5, 0.6) is 0 Å². The lowest BCUT2D eigenvalue weighted by Gasteiger charge is -2.16. The summed E-state index contributed by atoms with van der Waals surface area (Å²) in [4.78, 5) is 16.0. The van der Waals surface area contributed by atoms with Gasteiger partial charge >= 0.3 is 0 Å². The van der Waals surface area contributed by atoms with E-state index < -0.39 is 0 Å². The number of carbonyl (C=O) groups excluding carboxylic acids is 1. The second kappa shape index (κ2) is 6.01. The third-order valence-corrected chi connectivity index (χ3v) is 2.75. The number of nitrogens with one attached hydrogen (secondary N) is 1. The Bertz CT molecular complexity index is 404. The largest absolute Gasteiger partial charge is 0.349 e. The van der Waals surface area contributed by atoms with E-state index in [4.69, 9.17) is 11.6 Å². The van der Waals surface area contributed by atoms with E-state index in [2.05, 4.69) is 24.1 Å². The third-order valence-electron chi connectivity index (χ3n) is 2.44. The van der Waals surface area contributed by atoms with Crippen LogP contribution in [0.3, 0.4) is 0 Å². The van der Waals surface area contributed by atoms with E-state index in [0.717, 1.165) is 12.1 Å². The molecule has 0 saturated heterocycles. The molecule has 0 saturated carbocycles. The summed E-state index contributed by atoms with van der Waals surface area (Å²) in [7, 11) is 0. The number of nitrogens with zero attached hydrogens (tertiary/aromatic N) is 1. The average Bonchev–Trinajstić information content (AvgIpc) is 2.15. The molecule has 1 heterocycles. The molecule has 0 spiro atoms. The molecule has 0 bridgehead atoms. The SMILES string of the molecule is Cc1cc(Cl)c(C(=O)NC(C)CC(C)C)cn1. The van der Waals surface area contributed by atoms with E-state index in [9.17, 15) is 4.79 Å². The number of aromatic nitrogens is 1. The minimum Gasteiger partial charge on any atom is -0.349 e. The molecule has 1 unspecified atom stereocenters. The molecule has 1 atom stereocenters. The molecule has 1 N–H and O–H groups in total. The topological polar surface area (TPSA) is 42.0 Å². The summed E-state index contributed by atoms with van der Waals surface area (Å²) in [6, 6.07) is 1.84. The lowest BCUT2D eigenvalue weighted by Crippen LogP contribution is -2.33. The van der Waals surface area contributed by atoms with Gasteiger partial charge in [-0.2, -0.15) is 0 Å². The molecule has 0 aliphatic heterocycles. The Morgan fingerprint density at radius 2 is 2.12 bits per heavy atom. The van der Waals surface area contributed by atoms with Crippen molar-refractivity contribution >= 4 is 17.5 Å². The van der Waals surface area contributed by atoms with Crippen LogP contribution in [0.1, 0.15) is 43.2 Å². The number of halogens is 1. The Morgan fingerprint density at radius 3 is 2.65 bits per heavy atom. The molecule has 1 aromatic rings. The van der Waals surface area contributed by atoms with Crippen LogP contribution in [0.4, 0.5) is 0 Å². The Labute approximate surface area is 108 Å². The minimum absolute atomic E-state index is 0.139. The molecule has 0 aromatic carbocycles. The number of amides is 1. The molecule has 94 valence electrons. The molecule has 0 aliphatic rings. The van der Waals surface area contributed by atoms with Gasteiger partial charge in [0.1, 0.15) is 0 Å². The van der Waals surface area contributed by atoms with Crippen molar-refractivity contribution < 1.29 is 4.79 Å². The molecule has 1 rings (SSSR count). The zero-order valence-corrected chi connectivity index (χ0v) is 11.5. The fraction of sp³-hybridized carbons (Fsp3) is 0.538. The van der Waals surface area contributed by atoms with Crippen LogP contribution in [-0.4, -0.2) is 16.9 Å². The van der Waals surface area contributed by atoms with Crippen LogP contribution in [-0.2, 0) is 0 Å². The molecule has 0 radical (unpaired) electrons. The van der Waals surface area contributed by atoms with Crippen molar-refractivity contribution in [3.63, 3.8) is 0 Å². The molecule has 0 aliphatic carbocycles. The average molecular weight is 255 g/mol. The number of pyridine rings is 1. The van der Waals surface area contributed by atoms with Crippen LogP contribution in [0.15, 0.2) is 12.3 Å². The summed E-state index contributed by atoms with van der Waals surface area (Å²) < 4.78 is 0. The summed E-state index contributed by atoms with van der Waals surface area (Å²) in [5, 5.41) is 3.38. The van der Waals surface area contributed by atoms with E-state index in [1.54, 1.807) is 6.07 Å². The molecule has 4 heteroatoms. The van der Waals surface area contributed by atoms with Gasteiger partial charge in [-0.3, -0.25) is 9.78 Å². The van der Waals surface area contributed by atoms with Crippen LogP contribution in [0, 0.1) is 12.8 Å². The van der Waals surface area contributed by atoms with Crippen molar-refractivity contribution in [2.24, 2.45) is 5.92 Å². The first-order chi connectivity index (χ1) is 7.90. The lowest BCUT2D eigenvalue weighted by molar-refractivity contribution is 0.0936. The fourth-order valence-corrected chi connectivity index (χ4v) is 2.05. The first-order valence-electron chi connectivity index (χ1n) is 5.83. The second-order valence-corrected chi connectivity index (χ2v) is 5.22. The summed E-state index contributed by atoms with van der Waals surface area (Å²) in [6.45, 7) is 8.09. The number of hydrogen-bond acceptors (Lipinski definition) is 2. The second-order valence-electron chi connectivity index (χ2n) is 4.81. The monoisotopic (exact) mass is 254 g/mol. The molecule has 3 nitrogen and oxygen atoms in total. The standard InChI is InChI=1S/C13H19ClN2O/c1-8(2)5-10(4)16-13(17)11-7-15-9(3)6-12(11)14/h6-8,10H,5H2,1-4H3,(H,16,17). The van der Waals surface area contributed by atoms with E-state index in [0.29, 0.717) is 16.5 Å². The van der Waals surface area contributed by atoms with Crippen molar-refractivity contribution in [3.8, 4) is 0 Å². The van der Waals surface area contributed by atoms with E-state index >= 15 is 0 Å². The molecular formula is C13H19ClN2O. The van der Waals surface area contributed by atoms with E-state index in [1.807, 2.05) is 13.8 Å². The first-order valence-corrected chi connectivity index (χ1v) is 6.21. The maximum Gasteiger partial charge on any atom is 0.254 e. The predicted octanol–water partition coefficient (Wildman–Crippen LogP) is 3.21. The summed E-state index contributed by atoms with van der Waals surface area (Å²) in [6.07, 6.45) is 2.47. The summed E-state index contributed by atoms with van der Waals surface area (Å²) >= 11 is 6.01. The highest BCUT2D eigenvalue weighted by Gasteiger charge is 2.14. The summed E-state index contributed by atoms with van der Waals surface area (Å²) in [5.41, 5.74) is 1.25. The Kier molecular flexibility index (Phi) is 4.94. The van der Waals surface area contributed by atoms with Gasteiger partial charge in [-0.15, -0.1) is 0 Å². The van der Waals surface area contributed by atoms with Crippen LogP contribution in [0.25, 0.3) is 0 Å².